The molecule has 0 fully saturated rings. The Kier molecular flexibility index (Phi) is 9.13. The lowest BCUT2D eigenvalue weighted by molar-refractivity contribution is 1.07. The monoisotopic (exact) mass is 971 g/mol. The summed E-state index contributed by atoms with van der Waals surface area (Å²) in [6, 6.07) is 79.9. The maximum atomic E-state index is 5.40. The van der Waals surface area contributed by atoms with Crippen LogP contribution in [0.25, 0.3) is 144 Å². The molecule has 0 aliphatic carbocycles. The number of rotatable bonds is 7. The molecule has 9 heteroatoms. The minimum Gasteiger partial charge on any atom is -0.309 e. The number of nitrogens with zero attached hydrogens (tertiary/aromatic N) is 9. The molecule has 7 aromatic heterocycles. The summed E-state index contributed by atoms with van der Waals surface area (Å²) in [5.41, 5.74) is 15.9. The zero-order valence-electron chi connectivity index (χ0n) is 40.7. The number of hydrogen-bond donors (Lipinski definition) is 0. The molecular formula is C67H41N9. The molecule has 0 saturated heterocycles. The van der Waals surface area contributed by atoms with Crippen LogP contribution in [0, 0.1) is 0 Å². The third-order valence-electron chi connectivity index (χ3n) is 15.2. The standard InChI is InChI=1S/C67H41N9/c1-2-12-42(13-3-1)65-70-66(43-22-26-61-53(38-43)55-40-47(24-28-63(55)73(61)45-30-34-68-35-31-45)75-57-18-8-4-14-49(57)50-15-5-9-19-58(50)75)72-67(71-65)44-23-27-62-54(39-44)56-41-48(25-29-64(56)74(62)46-32-36-69-37-33-46)76-59-20-10-6-16-51(59)52-17-7-11-21-60(52)76/h1-41H. The van der Waals surface area contributed by atoms with E-state index in [-0.39, 0.29) is 0 Å². The van der Waals surface area contributed by atoms with E-state index in [4.69, 9.17) is 15.0 Å². The Labute approximate surface area is 434 Å². The average Bonchev–Trinajstić information content (AvgIpc) is 4.37. The van der Waals surface area contributed by atoms with Crippen LogP contribution in [0.4, 0.5) is 0 Å². The van der Waals surface area contributed by atoms with Crippen LogP contribution in [0.5, 0.6) is 0 Å². The Morgan fingerprint density at radius 2 is 0.513 bits per heavy atom. The lowest BCUT2D eigenvalue weighted by Crippen LogP contribution is -2.00. The van der Waals surface area contributed by atoms with Gasteiger partial charge in [0.25, 0.3) is 0 Å². The summed E-state index contributed by atoms with van der Waals surface area (Å²) in [6.45, 7) is 0. The van der Waals surface area contributed by atoms with Crippen molar-refractivity contribution in [2.75, 3.05) is 0 Å². The van der Waals surface area contributed by atoms with E-state index in [2.05, 4.69) is 234 Å². The minimum atomic E-state index is 0.585. The van der Waals surface area contributed by atoms with Crippen molar-refractivity contribution in [1.29, 1.82) is 0 Å². The molecule has 7 heterocycles. The van der Waals surface area contributed by atoms with Crippen molar-refractivity contribution in [1.82, 2.24) is 43.2 Å². The predicted octanol–water partition coefficient (Wildman–Crippen LogP) is 16.1. The molecule has 76 heavy (non-hydrogen) atoms. The number of aromatic nitrogens is 9. The number of fused-ring (bicyclic) bond motifs is 12. The lowest BCUT2D eigenvalue weighted by atomic mass is 10.1. The molecule has 9 aromatic carbocycles. The van der Waals surface area contributed by atoms with Crippen LogP contribution >= 0.6 is 0 Å². The van der Waals surface area contributed by atoms with Gasteiger partial charge >= 0.3 is 0 Å². The van der Waals surface area contributed by atoms with Crippen LogP contribution in [0.1, 0.15) is 0 Å². The number of benzene rings is 9. The molecule has 0 N–H and O–H groups in total. The van der Waals surface area contributed by atoms with Crippen molar-refractivity contribution >= 4 is 87.2 Å². The lowest BCUT2D eigenvalue weighted by Gasteiger charge is -2.10. The van der Waals surface area contributed by atoms with Crippen molar-refractivity contribution in [3.63, 3.8) is 0 Å². The summed E-state index contributed by atoms with van der Waals surface area (Å²) in [6.07, 6.45) is 7.41. The van der Waals surface area contributed by atoms with Gasteiger partial charge in [-0.3, -0.25) is 9.97 Å². The van der Waals surface area contributed by atoms with Crippen LogP contribution in [-0.4, -0.2) is 43.2 Å². The first kappa shape index (κ1) is 42.0. The first-order chi connectivity index (χ1) is 37.7. The predicted molar refractivity (Wildman–Crippen MR) is 309 cm³/mol. The largest absolute Gasteiger partial charge is 0.309 e. The summed E-state index contributed by atoms with van der Waals surface area (Å²) in [7, 11) is 0. The maximum absolute atomic E-state index is 5.40. The fourth-order valence-electron chi connectivity index (χ4n) is 11.9. The number of pyridine rings is 2. The van der Waals surface area contributed by atoms with E-state index in [0.717, 1.165) is 105 Å². The molecule has 0 atom stereocenters. The number of para-hydroxylation sites is 4. The Balaban J connectivity index is 0.909. The van der Waals surface area contributed by atoms with Crippen molar-refractivity contribution in [3.8, 4) is 56.9 Å². The van der Waals surface area contributed by atoms with E-state index in [0.29, 0.717) is 17.5 Å². The Hall–Kier alpha value is -10.5. The highest BCUT2D eigenvalue weighted by molar-refractivity contribution is 6.15. The highest BCUT2D eigenvalue weighted by atomic mass is 15.0. The summed E-state index contributed by atoms with van der Waals surface area (Å²) in [5, 5.41) is 9.29. The normalized spacial score (nSPS) is 11.9. The molecule has 16 aromatic rings. The highest BCUT2D eigenvalue weighted by Crippen LogP contribution is 2.41. The van der Waals surface area contributed by atoms with Gasteiger partial charge in [0.1, 0.15) is 0 Å². The quantitative estimate of drug-likeness (QED) is 0.159. The molecule has 16 rings (SSSR count). The molecule has 0 radical (unpaired) electrons. The zero-order valence-corrected chi connectivity index (χ0v) is 40.7. The van der Waals surface area contributed by atoms with Gasteiger partial charge in [-0.25, -0.2) is 15.0 Å². The van der Waals surface area contributed by atoms with E-state index < -0.39 is 0 Å². The van der Waals surface area contributed by atoms with E-state index in [1.165, 1.54) is 21.5 Å². The topological polar surface area (TPSA) is 84.2 Å². The van der Waals surface area contributed by atoms with Gasteiger partial charge in [0.15, 0.2) is 17.5 Å². The molecule has 0 aliphatic heterocycles. The Morgan fingerprint density at radius 1 is 0.211 bits per heavy atom. The van der Waals surface area contributed by atoms with Crippen LogP contribution in [0.3, 0.4) is 0 Å². The van der Waals surface area contributed by atoms with E-state index in [1.54, 1.807) is 0 Å². The Morgan fingerprint density at radius 3 is 0.908 bits per heavy atom. The first-order valence-corrected chi connectivity index (χ1v) is 25.5. The van der Waals surface area contributed by atoms with E-state index in [9.17, 15) is 0 Å². The van der Waals surface area contributed by atoms with Gasteiger partial charge in [-0.05, 0) is 121 Å². The summed E-state index contributed by atoms with van der Waals surface area (Å²) >= 11 is 0. The van der Waals surface area contributed by atoms with Gasteiger partial charge in [-0.15, -0.1) is 0 Å². The van der Waals surface area contributed by atoms with Gasteiger partial charge in [-0.1, -0.05) is 103 Å². The molecule has 0 spiro atoms. The van der Waals surface area contributed by atoms with Crippen molar-refractivity contribution in [2.45, 2.75) is 0 Å². The minimum absolute atomic E-state index is 0.585. The van der Waals surface area contributed by atoms with Crippen LogP contribution in [0.15, 0.2) is 249 Å². The first-order valence-electron chi connectivity index (χ1n) is 25.5. The van der Waals surface area contributed by atoms with Crippen LogP contribution in [0.2, 0.25) is 0 Å². The molecule has 0 saturated carbocycles. The van der Waals surface area contributed by atoms with E-state index in [1.807, 2.05) is 43.0 Å². The molecule has 0 bridgehead atoms. The van der Waals surface area contributed by atoms with Gasteiger partial charge in [0, 0.05) is 107 Å². The fraction of sp³-hybridized carbons (Fsp3) is 0. The second-order valence-electron chi connectivity index (χ2n) is 19.4. The van der Waals surface area contributed by atoms with Gasteiger partial charge in [0.05, 0.1) is 44.1 Å². The average molecular weight is 972 g/mol. The molecule has 0 amide bonds. The third-order valence-corrected chi connectivity index (χ3v) is 15.2. The van der Waals surface area contributed by atoms with Crippen molar-refractivity contribution in [3.05, 3.63) is 249 Å². The van der Waals surface area contributed by atoms with Crippen LogP contribution < -0.4 is 0 Å². The zero-order chi connectivity index (χ0) is 49.8. The SMILES string of the molecule is c1ccc(-c2nc(-c3ccc4c(c3)c3cc(-n5c6ccccc6c6ccccc65)ccc3n4-c3ccncc3)nc(-c3ccc4c(c3)c3cc(-n5c6ccccc6c6ccccc65)ccc3n4-c3ccncc3)n2)cc1. The molecule has 0 aliphatic rings. The molecule has 0 unspecified atom stereocenters. The third kappa shape index (κ3) is 6.36. The smallest absolute Gasteiger partial charge is 0.164 e. The van der Waals surface area contributed by atoms with Gasteiger partial charge < -0.3 is 18.3 Å². The van der Waals surface area contributed by atoms with Gasteiger partial charge in [-0.2, -0.15) is 0 Å². The molecular weight excluding hydrogens is 931 g/mol. The van der Waals surface area contributed by atoms with Crippen molar-refractivity contribution < 1.29 is 0 Å². The van der Waals surface area contributed by atoms with Crippen LogP contribution in [-0.2, 0) is 0 Å². The number of hydrogen-bond acceptors (Lipinski definition) is 5. The summed E-state index contributed by atoms with van der Waals surface area (Å²) in [5.74, 6) is 1.77. The molecule has 9 nitrogen and oxygen atoms in total. The second-order valence-corrected chi connectivity index (χ2v) is 19.4. The van der Waals surface area contributed by atoms with Gasteiger partial charge in [0.2, 0.25) is 0 Å². The summed E-state index contributed by atoms with van der Waals surface area (Å²) < 4.78 is 9.41. The summed E-state index contributed by atoms with van der Waals surface area (Å²) in [4.78, 5) is 24.7. The van der Waals surface area contributed by atoms with Crippen molar-refractivity contribution in [2.24, 2.45) is 0 Å². The maximum Gasteiger partial charge on any atom is 0.164 e. The Bertz CT molecular complexity index is 4590. The van der Waals surface area contributed by atoms with E-state index >= 15 is 0 Å². The fourth-order valence-corrected chi connectivity index (χ4v) is 11.9. The molecule has 354 valence electrons. The second kappa shape index (κ2) is 16.5. The highest BCUT2D eigenvalue weighted by Gasteiger charge is 2.22.